The van der Waals surface area contributed by atoms with Crippen molar-refractivity contribution in [2.75, 3.05) is 0 Å². The van der Waals surface area contributed by atoms with Crippen LogP contribution in [-0.2, 0) is 19.0 Å². The maximum atomic E-state index is 14.0. The Morgan fingerprint density at radius 1 is 0.400 bits per heavy atom. The lowest BCUT2D eigenvalue weighted by molar-refractivity contribution is -0.577. The molecule has 3 atom stereocenters. The van der Waals surface area contributed by atoms with E-state index in [1.165, 1.54) is 4.74 Å². The van der Waals surface area contributed by atoms with Gasteiger partial charge in [0.1, 0.15) is 0 Å². The lowest BCUT2D eigenvalue weighted by Gasteiger charge is -2.42. The van der Waals surface area contributed by atoms with Gasteiger partial charge in [0.25, 0.3) is 5.91 Å². The summed E-state index contributed by atoms with van der Waals surface area (Å²) in [6, 6.07) is 0. The number of halogens is 23. The maximum Gasteiger partial charge on any atom is 0.462 e. The Morgan fingerprint density at radius 2 is 0.675 bits per heavy atom. The summed E-state index contributed by atoms with van der Waals surface area (Å²) in [7, 11) is 0. The molecule has 0 bridgehead atoms. The number of primary amides is 1. The molecule has 0 aliphatic rings. The topological polar surface area (TPSA) is 70.8 Å². The predicted octanol–water partition coefficient (Wildman–Crippen LogP) is 6.18. The molecule has 0 aliphatic carbocycles. The highest BCUT2D eigenvalue weighted by Gasteiger charge is 2.88. The fourth-order valence-electron chi connectivity index (χ4n) is 1.70. The third-order valence-corrected chi connectivity index (χ3v) is 3.69. The van der Waals surface area contributed by atoms with Gasteiger partial charge in [-0.25, -0.2) is 0 Å². The molecule has 0 aromatic rings. The van der Waals surface area contributed by atoms with Crippen LogP contribution in [-0.4, -0.2) is 72.4 Å². The van der Waals surface area contributed by atoms with Crippen molar-refractivity contribution in [3.8, 4) is 0 Å². The van der Waals surface area contributed by atoms with E-state index < -0.39 is 72.4 Å². The number of amides is 1. The number of ether oxygens (including phenoxy) is 3. The highest BCUT2D eigenvalue weighted by atomic mass is 19.4. The van der Waals surface area contributed by atoms with Gasteiger partial charge in [-0.05, 0) is 0 Å². The molecular formula is C12H2F23NO4. The number of carbonyl (C=O) groups is 1. The van der Waals surface area contributed by atoms with Crippen molar-refractivity contribution in [3.05, 3.63) is 0 Å². The lowest BCUT2D eigenvalue weighted by Crippen LogP contribution is -2.71. The molecule has 0 aliphatic heterocycles. The minimum atomic E-state index is -8.74. The third-order valence-electron chi connectivity index (χ3n) is 3.69. The Kier molecular flexibility index (Phi) is 9.10. The van der Waals surface area contributed by atoms with Gasteiger partial charge in [-0.1, -0.05) is 0 Å². The largest absolute Gasteiger partial charge is 0.462 e. The summed E-state index contributed by atoms with van der Waals surface area (Å²) < 4.78 is 301. The SMILES string of the molecule is NC(=O)C(F)(OC(F)(F)C(F)(OC(F)(F)C(F)(OC(F)(F)C(F)(F)C(F)(F)F)C(F)(F)F)C(F)(F)F)C(F)(F)F. The van der Waals surface area contributed by atoms with Gasteiger partial charge in [0.2, 0.25) is 0 Å². The van der Waals surface area contributed by atoms with E-state index in [0.29, 0.717) is 0 Å². The van der Waals surface area contributed by atoms with Crippen molar-refractivity contribution in [2.24, 2.45) is 5.73 Å². The lowest BCUT2D eigenvalue weighted by atomic mass is 10.2. The molecule has 240 valence electrons. The number of carbonyl (C=O) groups excluding carboxylic acids is 1. The van der Waals surface area contributed by atoms with Crippen LogP contribution in [0.5, 0.6) is 0 Å². The summed E-state index contributed by atoms with van der Waals surface area (Å²) in [5.74, 6) is -36.6. The second-order valence-electron chi connectivity index (χ2n) is 6.57. The van der Waals surface area contributed by atoms with Gasteiger partial charge in [0.15, 0.2) is 0 Å². The van der Waals surface area contributed by atoms with Crippen molar-refractivity contribution >= 4 is 5.91 Å². The first-order chi connectivity index (χ1) is 16.8. The first-order valence-electron chi connectivity index (χ1n) is 8.06. The molecule has 0 saturated heterocycles. The summed E-state index contributed by atoms with van der Waals surface area (Å²) >= 11 is 0. The third kappa shape index (κ3) is 6.01. The van der Waals surface area contributed by atoms with Gasteiger partial charge in [-0.15, -0.1) is 0 Å². The molecule has 3 unspecified atom stereocenters. The van der Waals surface area contributed by atoms with E-state index in [-0.39, 0.29) is 0 Å². The Morgan fingerprint density at radius 3 is 0.900 bits per heavy atom. The molecule has 28 heteroatoms. The minimum Gasteiger partial charge on any atom is -0.364 e. The van der Waals surface area contributed by atoms with E-state index in [9.17, 15) is 106 Å². The molecule has 5 nitrogen and oxygen atoms in total. The molecule has 0 rings (SSSR count). The highest BCUT2D eigenvalue weighted by molar-refractivity contribution is 5.82. The zero-order chi connectivity index (χ0) is 33.2. The molecular weight excluding hydrogens is 659 g/mol. The number of hydrogen-bond acceptors (Lipinski definition) is 4. The van der Waals surface area contributed by atoms with Crippen molar-refractivity contribution < 1.29 is 120 Å². The fraction of sp³-hybridized carbons (Fsp3) is 0.917. The zero-order valence-electron chi connectivity index (χ0n) is 16.9. The fourth-order valence-corrected chi connectivity index (χ4v) is 1.70. The van der Waals surface area contributed by atoms with E-state index >= 15 is 0 Å². The normalized spacial score (nSPS) is 20.0. The molecule has 1 amide bonds. The predicted molar refractivity (Wildman–Crippen MR) is 68.0 cm³/mol. The van der Waals surface area contributed by atoms with Crippen LogP contribution in [0.4, 0.5) is 101 Å². The molecule has 0 fully saturated rings. The quantitative estimate of drug-likeness (QED) is 0.284. The van der Waals surface area contributed by atoms with Gasteiger partial charge in [-0.3, -0.25) is 19.0 Å². The summed E-state index contributed by atoms with van der Waals surface area (Å²) in [6.07, 6.45) is -57.5. The molecule has 0 radical (unpaired) electrons. The molecule has 0 heterocycles. The van der Waals surface area contributed by atoms with E-state index in [2.05, 4.69) is 5.73 Å². The van der Waals surface area contributed by atoms with Crippen molar-refractivity contribution in [3.63, 3.8) is 0 Å². The zero-order valence-corrected chi connectivity index (χ0v) is 16.9. The molecule has 0 saturated carbocycles. The summed E-state index contributed by atoms with van der Waals surface area (Å²) in [5.41, 5.74) is 3.56. The monoisotopic (exact) mass is 661 g/mol. The first-order valence-corrected chi connectivity index (χ1v) is 8.06. The average molecular weight is 661 g/mol. The molecule has 40 heavy (non-hydrogen) atoms. The maximum absolute atomic E-state index is 14.0. The Labute approximate surface area is 199 Å². The standard InChI is InChI=1S/C12H2F23NO4/c13-2(1(36)37,6(18,19)20)38-11(32,33)4(16,8(24,25)26)40-12(34,35)5(17,9(27,28)29)39-10(30,31)3(14,15)7(21,22)23/h(H2,36,37). The van der Waals surface area contributed by atoms with Gasteiger partial charge in [0.05, 0.1) is 0 Å². The van der Waals surface area contributed by atoms with E-state index in [0.717, 1.165) is 9.47 Å². The van der Waals surface area contributed by atoms with E-state index in [1.807, 2.05) is 0 Å². The molecule has 0 aromatic heterocycles. The van der Waals surface area contributed by atoms with Crippen LogP contribution < -0.4 is 5.73 Å². The van der Waals surface area contributed by atoms with Gasteiger partial charge >= 0.3 is 66.5 Å². The summed E-state index contributed by atoms with van der Waals surface area (Å²) in [4.78, 5) is 10.4. The van der Waals surface area contributed by atoms with Crippen LogP contribution in [0.25, 0.3) is 0 Å². The smallest absolute Gasteiger partial charge is 0.364 e. The van der Waals surface area contributed by atoms with Crippen molar-refractivity contribution in [2.45, 2.75) is 66.5 Å². The van der Waals surface area contributed by atoms with Crippen LogP contribution in [0.1, 0.15) is 0 Å². The van der Waals surface area contributed by atoms with E-state index in [1.54, 1.807) is 0 Å². The second-order valence-corrected chi connectivity index (χ2v) is 6.57. The first kappa shape index (κ1) is 37.7. The summed E-state index contributed by atoms with van der Waals surface area (Å²) in [5, 5.41) is 0. The second kappa shape index (κ2) is 9.65. The number of rotatable bonds is 10. The number of alkyl halides is 23. The van der Waals surface area contributed by atoms with Crippen LogP contribution in [0.3, 0.4) is 0 Å². The summed E-state index contributed by atoms with van der Waals surface area (Å²) in [6.45, 7) is 0. The van der Waals surface area contributed by atoms with Gasteiger partial charge < -0.3 is 5.73 Å². The van der Waals surface area contributed by atoms with Crippen LogP contribution in [0.2, 0.25) is 0 Å². The van der Waals surface area contributed by atoms with Crippen LogP contribution >= 0.6 is 0 Å². The Balaban J connectivity index is 7.24. The number of nitrogens with two attached hydrogens (primary N) is 1. The van der Waals surface area contributed by atoms with Gasteiger partial charge in [0, 0.05) is 0 Å². The molecule has 2 N–H and O–H groups in total. The Bertz CT molecular complexity index is 934. The average Bonchev–Trinajstić information content (AvgIpc) is 2.62. The molecule has 0 aromatic carbocycles. The van der Waals surface area contributed by atoms with Crippen LogP contribution in [0, 0.1) is 0 Å². The minimum absolute atomic E-state index is 0.993. The molecule has 0 spiro atoms. The van der Waals surface area contributed by atoms with Crippen molar-refractivity contribution in [1.29, 1.82) is 0 Å². The van der Waals surface area contributed by atoms with E-state index in [4.69, 9.17) is 0 Å². The number of hydrogen-bond donors (Lipinski definition) is 1. The van der Waals surface area contributed by atoms with Crippen molar-refractivity contribution in [1.82, 2.24) is 0 Å². The Hall–Kier alpha value is -2.26. The highest BCUT2D eigenvalue weighted by Crippen LogP contribution is 2.59. The van der Waals surface area contributed by atoms with Crippen LogP contribution in [0.15, 0.2) is 0 Å². The van der Waals surface area contributed by atoms with Gasteiger partial charge in [-0.2, -0.15) is 101 Å².